The number of piperazine rings is 1. The fraction of sp³-hybridized carbons (Fsp3) is 0.636. The highest BCUT2D eigenvalue weighted by Gasteiger charge is 2.29. The normalized spacial score (nSPS) is 16.6. The highest BCUT2D eigenvalue weighted by molar-refractivity contribution is 7.89. The smallest absolute Gasteiger partial charge is 0.243 e. The molecule has 2 amide bonds. The van der Waals surface area contributed by atoms with Gasteiger partial charge in [0, 0.05) is 50.9 Å². The van der Waals surface area contributed by atoms with Gasteiger partial charge in [-0.1, -0.05) is 33.8 Å². The number of nitrogens with zero attached hydrogens (tertiary/aromatic N) is 3. The first-order valence-corrected chi connectivity index (χ1v) is 12.4. The SMILES string of the molecule is CCN(CC)S(=O)(=O)c1cc(NC(=O)C(C)N2CCN(C(=O)C(C)C)CC2)ccc1C. The first kappa shape index (κ1) is 25.3. The van der Waals surface area contributed by atoms with E-state index < -0.39 is 10.0 Å². The summed E-state index contributed by atoms with van der Waals surface area (Å²) in [6.45, 7) is 14.2. The van der Waals surface area contributed by atoms with Crippen LogP contribution in [0.15, 0.2) is 23.1 Å². The molecule has 1 atom stereocenters. The molecule has 0 radical (unpaired) electrons. The van der Waals surface area contributed by atoms with Crippen LogP contribution < -0.4 is 5.32 Å². The Labute approximate surface area is 186 Å². The summed E-state index contributed by atoms with van der Waals surface area (Å²) >= 11 is 0. The van der Waals surface area contributed by atoms with Crippen LogP contribution in [0.5, 0.6) is 0 Å². The molecule has 0 bridgehead atoms. The van der Waals surface area contributed by atoms with Crippen LogP contribution in [0.4, 0.5) is 5.69 Å². The highest BCUT2D eigenvalue weighted by atomic mass is 32.2. The third-order valence-corrected chi connectivity index (χ3v) is 8.02. The fourth-order valence-electron chi connectivity index (χ4n) is 3.77. The van der Waals surface area contributed by atoms with E-state index in [0.29, 0.717) is 50.5 Å². The van der Waals surface area contributed by atoms with E-state index in [1.54, 1.807) is 32.9 Å². The molecule has 0 aliphatic carbocycles. The van der Waals surface area contributed by atoms with Gasteiger partial charge in [0.2, 0.25) is 21.8 Å². The first-order chi connectivity index (χ1) is 14.5. The minimum Gasteiger partial charge on any atom is -0.340 e. The predicted molar refractivity (Wildman–Crippen MR) is 122 cm³/mol. The summed E-state index contributed by atoms with van der Waals surface area (Å²) in [6, 6.07) is 4.58. The molecule has 31 heavy (non-hydrogen) atoms. The van der Waals surface area contributed by atoms with Crippen molar-refractivity contribution in [3.63, 3.8) is 0 Å². The Morgan fingerprint density at radius 2 is 1.65 bits per heavy atom. The summed E-state index contributed by atoms with van der Waals surface area (Å²) in [6.07, 6.45) is 0. The molecule has 2 rings (SSSR count). The van der Waals surface area contributed by atoms with Gasteiger partial charge in [0.15, 0.2) is 0 Å². The molecule has 0 aromatic heterocycles. The Hall–Kier alpha value is -1.97. The lowest BCUT2D eigenvalue weighted by molar-refractivity contribution is -0.136. The monoisotopic (exact) mass is 452 g/mol. The van der Waals surface area contributed by atoms with Crippen molar-refractivity contribution >= 4 is 27.5 Å². The minimum absolute atomic E-state index is 0.0318. The van der Waals surface area contributed by atoms with Gasteiger partial charge in [-0.3, -0.25) is 14.5 Å². The van der Waals surface area contributed by atoms with E-state index in [9.17, 15) is 18.0 Å². The van der Waals surface area contributed by atoms with Gasteiger partial charge >= 0.3 is 0 Å². The maximum absolute atomic E-state index is 12.9. The standard InChI is InChI=1S/C22H36N4O4S/c1-7-26(8-2)31(29,30)20-15-19(10-9-17(20)5)23-21(27)18(6)24-11-13-25(14-12-24)22(28)16(3)4/h9-10,15-16,18H,7-8,11-14H2,1-6H3,(H,23,27). The van der Waals surface area contributed by atoms with Crippen LogP contribution in [0.3, 0.4) is 0 Å². The summed E-state index contributed by atoms with van der Waals surface area (Å²) in [7, 11) is -3.62. The van der Waals surface area contributed by atoms with Gasteiger partial charge in [-0.2, -0.15) is 4.31 Å². The average Bonchev–Trinajstić information content (AvgIpc) is 2.74. The average molecular weight is 453 g/mol. The van der Waals surface area contributed by atoms with Crippen LogP contribution in [0.2, 0.25) is 0 Å². The lowest BCUT2D eigenvalue weighted by Crippen LogP contribution is -2.54. The van der Waals surface area contributed by atoms with E-state index in [0.717, 1.165) is 0 Å². The number of amides is 2. The number of nitrogens with one attached hydrogen (secondary N) is 1. The minimum atomic E-state index is -3.62. The molecule has 1 aromatic rings. The Morgan fingerprint density at radius 1 is 1.06 bits per heavy atom. The molecule has 1 fully saturated rings. The number of sulfonamides is 1. The first-order valence-electron chi connectivity index (χ1n) is 11.0. The van der Waals surface area contributed by atoms with Gasteiger partial charge in [-0.25, -0.2) is 8.42 Å². The molecule has 1 saturated heterocycles. The summed E-state index contributed by atoms with van der Waals surface area (Å²) in [4.78, 5) is 29.1. The number of rotatable bonds is 8. The molecule has 8 nitrogen and oxygen atoms in total. The van der Waals surface area contributed by atoms with Crippen molar-refractivity contribution in [2.45, 2.75) is 52.5 Å². The van der Waals surface area contributed by atoms with Gasteiger partial charge in [0.05, 0.1) is 10.9 Å². The predicted octanol–water partition coefficient (Wildman–Crippen LogP) is 2.15. The third-order valence-electron chi connectivity index (χ3n) is 5.83. The van der Waals surface area contributed by atoms with E-state index in [1.165, 1.54) is 10.4 Å². The van der Waals surface area contributed by atoms with E-state index in [2.05, 4.69) is 5.32 Å². The summed E-state index contributed by atoms with van der Waals surface area (Å²) in [5, 5.41) is 2.86. The zero-order valence-electron chi connectivity index (χ0n) is 19.5. The number of benzene rings is 1. The molecule has 0 spiro atoms. The molecular formula is C22H36N4O4S. The van der Waals surface area contributed by atoms with Gasteiger partial charge in [0.25, 0.3) is 0 Å². The van der Waals surface area contributed by atoms with Gasteiger partial charge in [-0.05, 0) is 31.5 Å². The van der Waals surface area contributed by atoms with Crippen molar-refractivity contribution in [1.29, 1.82) is 0 Å². The zero-order valence-corrected chi connectivity index (χ0v) is 20.3. The Balaban J connectivity index is 2.08. The number of aryl methyl sites for hydroxylation is 1. The number of hydrogen-bond donors (Lipinski definition) is 1. The van der Waals surface area contributed by atoms with Crippen LogP contribution in [-0.4, -0.2) is 79.6 Å². The van der Waals surface area contributed by atoms with E-state index in [4.69, 9.17) is 0 Å². The van der Waals surface area contributed by atoms with Crippen molar-refractivity contribution in [1.82, 2.24) is 14.1 Å². The van der Waals surface area contributed by atoms with Crippen LogP contribution >= 0.6 is 0 Å². The number of carbonyl (C=O) groups excluding carboxylic acids is 2. The largest absolute Gasteiger partial charge is 0.340 e. The molecule has 0 saturated carbocycles. The van der Waals surface area contributed by atoms with Crippen LogP contribution in [0.1, 0.15) is 40.2 Å². The Morgan fingerprint density at radius 3 is 2.16 bits per heavy atom. The van der Waals surface area contributed by atoms with Gasteiger partial charge < -0.3 is 10.2 Å². The van der Waals surface area contributed by atoms with Crippen LogP contribution in [0.25, 0.3) is 0 Å². The van der Waals surface area contributed by atoms with Crippen molar-refractivity contribution in [3.05, 3.63) is 23.8 Å². The number of anilines is 1. The lowest BCUT2D eigenvalue weighted by Gasteiger charge is -2.38. The molecular weight excluding hydrogens is 416 g/mol. The van der Waals surface area contributed by atoms with E-state index in [-0.39, 0.29) is 28.7 Å². The van der Waals surface area contributed by atoms with E-state index in [1.807, 2.05) is 30.6 Å². The fourth-order valence-corrected chi connectivity index (χ4v) is 5.47. The second-order valence-corrected chi connectivity index (χ2v) is 10.2. The van der Waals surface area contributed by atoms with Crippen LogP contribution in [-0.2, 0) is 19.6 Å². The van der Waals surface area contributed by atoms with Gasteiger partial charge in [0.1, 0.15) is 0 Å². The maximum Gasteiger partial charge on any atom is 0.243 e. The van der Waals surface area contributed by atoms with Crippen molar-refractivity contribution in [2.24, 2.45) is 5.92 Å². The van der Waals surface area contributed by atoms with Crippen molar-refractivity contribution in [3.8, 4) is 0 Å². The van der Waals surface area contributed by atoms with Gasteiger partial charge in [-0.15, -0.1) is 0 Å². The van der Waals surface area contributed by atoms with Crippen molar-refractivity contribution < 1.29 is 18.0 Å². The summed E-state index contributed by atoms with van der Waals surface area (Å²) in [5.41, 5.74) is 1.10. The second kappa shape index (κ2) is 10.6. The topological polar surface area (TPSA) is 90.0 Å². The Bertz CT molecular complexity index is 889. The highest BCUT2D eigenvalue weighted by Crippen LogP contribution is 2.24. The molecule has 1 aliphatic heterocycles. The molecule has 9 heteroatoms. The molecule has 1 aliphatic rings. The third kappa shape index (κ3) is 5.84. The quantitative estimate of drug-likeness (QED) is 0.653. The lowest BCUT2D eigenvalue weighted by atomic mass is 10.1. The van der Waals surface area contributed by atoms with E-state index >= 15 is 0 Å². The molecule has 1 aromatic carbocycles. The molecule has 1 heterocycles. The van der Waals surface area contributed by atoms with Crippen LogP contribution in [0, 0.1) is 12.8 Å². The Kier molecular flexibility index (Phi) is 8.62. The summed E-state index contributed by atoms with van der Waals surface area (Å²) in [5.74, 6) is -0.0901. The number of carbonyl (C=O) groups is 2. The molecule has 1 unspecified atom stereocenters. The second-order valence-electron chi connectivity index (χ2n) is 8.25. The maximum atomic E-state index is 12.9. The summed E-state index contributed by atoms with van der Waals surface area (Å²) < 4.78 is 27.3. The zero-order chi connectivity index (χ0) is 23.3. The molecule has 1 N–H and O–H groups in total. The molecule has 174 valence electrons. The van der Waals surface area contributed by atoms with Crippen molar-refractivity contribution in [2.75, 3.05) is 44.6 Å². The number of hydrogen-bond acceptors (Lipinski definition) is 5.